The first-order valence-corrected chi connectivity index (χ1v) is 8.12. The van der Waals surface area contributed by atoms with Gasteiger partial charge in [0.1, 0.15) is 0 Å². The van der Waals surface area contributed by atoms with Crippen LogP contribution in [0.2, 0.25) is 0 Å². The average molecular weight is 242 g/mol. The van der Waals surface area contributed by atoms with Gasteiger partial charge < -0.3 is 5.73 Å². The molecule has 0 amide bonds. The third-order valence-corrected chi connectivity index (χ3v) is 3.56. The van der Waals surface area contributed by atoms with Crippen LogP contribution >= 0.6 is 0 Å². The van der Waals surface area contributed by atoms with Gasteiger partial charge in [0.15, 0.2) is 0 Å². The zero-order valence-electron chi connectivity index (χ0n) is 12.2. The van der Waals surface area contributed by atoms with Crippen LogP contribution in [-0.4, -0.2) is 6.54 Å². The highest BCUT2D eigenvalue weighted by Gasteiger charge is 1.93. The van der Waals surface area contributed by atoms with Crippen LogP contribution < -0.4 is 5.73 Å². The van der Waals surface area contributed by atoms with Gasteiger partial charge in [-0.3, -0.25) is 0 Å². The molecule has 0 aliphatic rings. The molecule has 1 heteroatoms. The van der Waals surface area contributed by atoms with Gasteiger partial charge in [0, 0.05) is 0 Å². The standard InChI is InChI=1S/C16H35N/c1-2-3-4-5-6-7-8-9-10-11-12-13-14-15-16-17/h2-17H2,1H3/i17+1. The summed E-state index contributed by atoms with van der Waals surface area (Å²) in [4.78, 5) is 0. The van der Waals surface area contributed by atoms with Crippen LogP contribution in [0.25, 0.3) is 0 Å². The summed E-state index contributed by atoms with van der Waals surface area (Å²) in [5.41, 5.74) is 5.47. The molecule has 0 rings (SSSR count). The quantitative estimate of drug-likeness (QED) is 0.319. The van der Waals surface area contributed by atoms with Crippen molar-refractivity contribution in [1.82, 2.24) is 0 Å². The molecular weight excluding hydrogens is 207 g/mol. The average Bonchev–Trinajstić information content (AvgIpc) is 2.35. The molecule has 1 nitrogen and oxygen atoms in total. The SMILES string of the molecule is CCCCCCCCCCCCCCCC[15NH2]. The number of rotatable bonds is 14. The lowest BCUT2D eigenvalue weighted by molar-refractivity contribution is 0.536. The van der Waals surface area contributed by atoms with Gasteiger partial charge in [-0.25, -0.2) is 0 Å². The molecule has 0 radical (unpaired) electrons. The molecule has 0 saturated carbocycles. The Morgan fingerprint density at radius 2 is 0.765 bits per heavy atom. The Hall–Kier alpha value is -0.0400. The van der Waals surface area contributed by atoms with Crippen molar-refractivity contribution in [2.24, 2.45) is 5.73 Å². The molecule has 0 saturated heterocycles. The second-order valence-corrected chi connectivity index (χ2v) is 5.38. The minimum Gasteiger partial charge on any atom is -0.330 e. The van der Waals surface area contributed by atoms with Crippen molar-refractivity contribution < 1.29 is 0 Å². The van der Waals surface area contributed by atoms with Crippen molar-refractivity contribution in [2.75, 3.05) is 6.54 Å². The second kappa shape index (κ2) is 16.0. The molecule has 104 valence electrons. The third-order valence-electron chi connectivity index (χ3n) is 3.56. The number of unbranched alkanes of at least 4 members (excludes halogenated alkanes) is 13. The summed E-state index contributed by atoms with van der Waals surface area (Å²) in [6.07, 6.45) is 19.9. The van der Waals surface area contributed by atoms with E-state index in [-0.39, 0.29) is 0 Å². The van der Waals surface area contributed by atoms with E-state index in [1.807, 2.05) is 0 Å². The fraction of sp³-hybridized carbons (Fsp3) is 1.00. The lowest BCUT2D eigenvalue weighted by Gasteiger charge is -2.02. The van der Waals surface area contributed by atoms with Gasteiger partial charge in [0.25, 0.3) is 0 Å². The Bertz CT molecular complexity index is 109. The van der Waals surface area contributed by atoms with Gasteiger partial charge in [-0.1, -0.05) is 90.4 Å². The molecule has 0 fully saturated rings. The summed E-state index contributed by atoms with van der Waals surface area (Å²) in [6.45, 7) is 3.16. The first kappa shape index (κ1) is 17.0. The largest absolute Gasteiger partial charge is 0.330 e. The summed E-state index contributed by atoms with van der Waals surface area (Å²) in [5, 5.41) is 0. The van der Waals surface area contributed by atoms with E-state index in [0.29, 0.717) is 0 Å². The summed E-state index contributed by atoms with van der Waals surface area (Å²) in [6, 6.07) is 0. The van der Waals surface area contributed by atoms with Crippen molar-refractivity contribution in [3.8, 4) is 0 Å². The second-order valence-electron chi connectivity index (χ2n) is 5.38. The summed E-state index contributed by atoms with van der Waals surface area (Å²) in [5.74, 6) is 0. The highest BCUT2D eigenvalue weighted by atomic mass is 15.3. The van der Waals surface area contributed by atoms with Crippen LogP contribution in [0, 0.1) is 0 Å². The van der Waals surface area contributed by atoms with E-state index < -0.39 is 0 Å². The first-order valence-electron chi connectivity index (χ1n) is 8.12. The third kappa shape index (κ3) is 16.0. The predicted octanol–water partition coefficient (Wildman–Crippen LogP) is 5.43. The molecule has 0 aromatic carbocycles. The van der Waals surface area contributed by atoms with Gasteiger partial charge >= 0.3 is 0 Å². The van der Waals surface area contributed by atoms with Crippen LogP contribution in [-0.2, 0) is 0 Å². The fourth-order valence-electron chi connectivity index (χ4n) is 2.34. The van der Waals surface area contributed by atoms with E-state index in [1.165, 1.54) is 89.9 Å². The molecule has 0 aromatic heterocycles. The van der Waals surface area contributed by atoms with Crippen LogP contribution in [0.1, 0.15) is 96.8 Å². The predicted molar refractivity (Wildman–Crippen MR) is 79.4 cm³/mol. The van der Waals surface area contributed by atoms with Gasteiger partial charge in [0.2, 0.25) is 0 Å². The van der Waals surface area contributed by atoms with E-state index in [1.54, 1.807) is 0 Å². The van der Waals surface area contributed by atoms with Gasteiger partial charge in [-0.15, -0.1) is 0 Å². The van der Waals surface area contributed by atoms with Crippen LogP contribution in [0.3, 0.4) is 0 Å². The van der Waals surface area contributed by atoms with Gasteiger partial charge in [0.05, 0.1) is 0 Å². The lowest BCUT2D eigenvalue weighted by Crippen LogP contribution is -1.97. The molecule has 0 unspecified atom stereocenters. The highest BCUT2D eigenvalue weighted by Crippen LogP contribution is 2.12. The van der Waals surface area contributed by atoms with E-state index in [4.69, 9.17) is 5.73 Å². The molecule has 0 atom stereocenters. The summed E-state index contributed by atoms with van der Waals surface area (Å²) < 4.78 is 0. The number of nitrogens with two attached hydrogens (primary N) is 1. The molecule has 17 heavy (non-hydrogen) atoms. The van der Waals surface area contributed by atoms with Crippen LogP contribution in [0.5, 0.6) is 0 Å². The first-order chi connectivity index (χ1) is 8.41. The Labute approximate surface area is 110 Å². The van der Waals surface area contributed by atoms with E-state index in [9.17, 15) is 0 Å². The molecule has 0 aliphatic heterocycles. The molecule has 0 bridgehead atoms. The number of hydrogen-bond donors (Lipinski definition) is 1. The van der Waals surface area contributed by atoms with Gasteiger partial charge in [-0.2, -0.15) is 0 Å². The Morgan fingerprint density at radius 1 is 0.471 bits per heavy atom. The van der Waals surface area contributed by atoms with Crippen molar-refractivity contribution in [3.63, 3.8) is 0 Å². The van der Waals surface area contributed by atoms with Crippen LogP contribution in [0.15, 0.2) is 0 Å². The van der Waals surface area contributed by atoms with Crippen molar-refractivity contribution >= 4 is 0 Å². The van der Waals surface area contributed by atoms with Crippen molar-refractivity contribution in [3.05, 3.63) is 0 Å². The molecular formula is C16H35N. The minimum absolute atomic E-state index is 0.873. The topological polar surface area (TPSA) is 26.0 Å². The lowest BCUT2D eigenvalue weighted by atomic mass is 10.0. The maximum atomic E-state index is 5.47. The monoisotopic (exact) mass is 242 g/mol. The molecule has 0 aliphatic carbocycles. The summed E-state index contributed by atoms with van der Waals surface area (Å²) in [7, 11) is 0. The van der Waals surface area contributed by atoms with Crippen LogP contribution in [0.4, 0.5) is 0 Å². The summed E-state index contributed by atoms with van der Waals surface area (Å²) >= 11 is 0. The Kier molecular flexibility index (Phi) is 15.9. The van der Waals surface area contributed by atoms with Crippen molar-refractivity contribution in [2.45, 2.75) is 96.8 Å². The molecule has 0 spiro atoms. The highest BCUT2D eigenvalue weighted by molar-refractivity contribution is 4.49. The van der Waals surface area contributed by atoms with Crippen molar-refractivity contribution in [1.29, 1.82) is 0 Å². The van der Waals surface area contributed by atoms with E-state index in [0.717, 1.165) is 6.54 Å². The van der Waals surface area contributed by atoms with E-state index >= 15 is 0 Å². The van der Waals surface area contributed by atoms with E-state index in [2.05, 4.69) is 6.92 Å². The Morgan fingerprint density at radius 3 is 1.06 bits per heavy atom. The Balaban J connectivity index is 2.85. The maximum absolute atomic E-state index is 5.47. The maximum Gasteiger partial charge on any atom is -0.00773 e. The number of hydrogen-bond acceptors (Lipinski definition) is 1. The fourth-order valence-corrected chi connectivity index (χ4v) is 2.34. The minimum atomic E-state index is 0.873. The zero-order chi connectivity index (χ0) is 12.6. The normalized spacial score (nSPS) is 10.9. The van der Waals surface area contributed by atoms with Gasteiger partial charge in [-0.05, 0) is 13.0 Å². The molecule has 2 N–H and O–H groups in total. The molecule has 0 aromatic rings. The zero-order valence-corrected chi connectivity index (χ0v) is 12.2. The molecule has 0 heterocycles. The smallest absolute Gasteiger partial charge is 0.00773 e.